The second-order valence-corrected chi connectivity index (χ2v) is 2.83. The van der Waals surface area contributed by atoms with Gasteiger partial charge in [-0.3, -0.25) is 9.59 Å². The van der Waals surface area contributed by atoms with Gasteiger partial charge in [-0.05, 0) is 5.92 Å². The summed E-state index contributed by atoms with van der Waals surface area (Å²) >= 11 is 0. The molecule has 0 aliphatic rings. The van der Waals surface area contributed by atoms with Crippen molar-refractivity contribution in [3.05, 3.63) is 0 Å². The number of amides is 1. The van der Waals surface area contributed by atoms with E-state index >= 15 is 0 Å². The van der Waals surface area contributed by atoms with Gasteiger partial charge in [-0.2, -0.15) is 0 Å². The Balaban J connectivity index is 4.08. The number of rotatable bonds is 5. The summed E-state index contributed by atoms with van der Waals surface area (Å²) in [5, 5.41) is 2.50. The zero-order valence-corrected chi connectivity index (χ0v) is 7.26. The highest BCUT2D eigenvalue weighted by Crippen LogP contribution is 2.03. The Morgan fingerprint density at radius 2 is 2.09 bits per heavy atom. The highest BCUT2D eigenvalue weighted by Gasteiger charge is 2.18. The van der Waals surface area contributed by atoms with Gasteiger partial charge >= 0.3 is 0 Å². The number of ketones is 1. The van der Waals surface area contributed by atoms with E-state index in [4.69, 9.17) is 0 Å². The molecule has 0 fully saturated rings. The fourth-order valence-electron chi connectivity index (χ4n) is 0.950. The molecule has 3 nitrogen and oxygen atoms in total. The molecule has 0 bridgehead atoms. The minimum atomic E-state index is -0.308. The van der Waals surface area contributed by atoms with E-state index in [2.05, 4.69) is 5.32 Å². The van der Waals surface area contributed by atoms with Gasteiger partial charge in [0.25, 0.3) is 0 Å². The van der Waals surface area contributed by atoms with Gasteiger partial charge < -0.3 is 5.32 Å². The maximum atomic E-state index is 11.1. The van der Waals surface area contributed by atoms with Crippen LogP contribution in [0.2, 0.25) is 0 Å². The molecule has 0 aliphatic heterocycles. The fourth-order valence-corrected chi connectivity index (χ4v) is 0.950. The molecule has 0 aromatic rings. The lowest BCUT2D eigenvalue weighted by Crippen LogP contribution is -2.39. The van der Waals surface area contributed by atoms with Gasteiger partial charge in [0.05, 0.1) is 6.04 Å². The van der Waals surface area contributed by atoms with Crippen LogP contribution in [-0.2, 0) is 9.59 Å². The first-order valence-corrected chi connectivity index (χ1v) is 3.85. The molecule has 64 valence electrons. The number of Topliss-reactive ketones (excluding diaryl/α,β-unsaturated/α-hetero) is 1. The molecule has 3 heteroatoms. The molecule has 0 heterocycles. The summed E-state index contributed by atoms with van der Waals surface area (Å²) in [6.07, 6.45) is 1.06. The van der Waals surface area contributed by atoms with Crippen molar-refractivity contribution in [3.63, 3.8) is 0 Å². The molecule has 0 saturated carbocycles. The van der Waals surface area contributed by atoms with E-state index in [-0.39, 0.29) is 17.7 Å². The summed E-state index contributed by atoms with van der Waals surface area (Å²) in [5.74, 6) is 0.264. The SMILES string of the molecule is CCC(=O)C(NC=O)C(C)C. The van der Waals surface area contributed by atoms with Crippen molar-refractivity contribution in [1.82, 2.24) is 5.32 Å². The van der Waals surface area contributed by atoms with Crippen LogP contribution in [0.1, 0.15) is 27.2 Å². The van der Waals surface area contributed by atoms with Gasteiger partial charge in [-0.1, -0.05) is 20.8 Å². The Morgan fingerprint density at radius 1 is 1.55 bits per heavy atom. The molecule has 0 aliphatic carbocycles. The first-order chi connectivity index (χ1) is 5.13. The maximum absolute atomic E-state index is 11.1. The van der Waals surface area contributed by atoms with Crippen molar-refractivity contribution in [1.29, 1.82) is 0 Å². The third-order valence-electron chi connectivity index (χ3n) is 1.61. The highest BCUT2D eigenvalue weighted by atomic mass is 16.1. The number of nitrogens with one attached hydrogen (secondary N) is 1. The van der Waals surface area contributed by atoms with E-state index in [1.165, 1.54) is 0 Å². The summed E-state index contributed by atoms with van der Waals surface area (Å²) in [6, 6.07) is -0.308. The van der Waals surface area contributed by atoms with Crippen molar-refractivity contribution < 1.29 is 9.59 Å². The zero-order chi connectivity index (χ0) is 8.85. The Hall–Kier alpha value is -0.860. The zero-order valence-electron chi connectivity index (χ0n) is 7.26. The summed E-state index contributed by atoms with van der Waals surface area (Å²) in [5.41, 5.74) is 0. The average Bonchev–Trinajstić information content (AvgIpc) is 1.98. The molecule has 11 heavy (non-hydrogen) atoms. The summed E-state index contributed by atoms with van der Waals surface area (Å²) in [6.45, 7) is 5.62. The summed E-state index contributed by atoms with van der Waals surface area (Å²) < 4.78 is 0. The van der Waals surface area contributed by atoms with Crippen LogP contribution < -0.4 is 5.32 Å². The molecular weight excluding hydrogens is 142 g/mol. The molecule has 0 aromatic heterocycles. The second kappa shape index (κ2) is 4.88. The third-order valence-corrected chi connectivity index (χ3v) is 1.61. The lowest BCUT2D eigenvalue weighted by atomic mass is 9.99. The first-order valence-electron chi connectivity index (χ1n) is 3.85. The van der Waals surface area contributed by atoms with Crippen LogP contribution in [0.25, 0.3) is 0 Å². The third kappa shape index (κ3) is 3.16. The minimum absolute atomic E-state index is 0.0899. The van der Waals surface area contributed by atoms with E-state index in [0.29, 0.717) is 12.8 Å². The van der Waals surface area contributed by atoms with Gasteiger partial charge in [0.2, 0.25) is 6.41 Å². The quantitative estimate of drug-likeness (QED) is 0.598. The predicted octanol–water partition coefficient (Wildman–Crippen LogP) is 0.736. The molecule has 1 N–H and O–H groups in total. The monoisotopic (exact) mass is 157 g/mol. The Morgan fingerprint density at radius 3 is 2.36 bits per heavy atom. The number of carbonyl (C=O) groups is 2. The topological polar surface area (TPSA) is 46.2 Å². The molecule has 0 saturated heterocycles. The molecule has 0 radical (unpaired) electrons. The van der Waals surface area contributed by atoms with Crippen molar-refractivity contribution in [3.8, 4) is 0 Å². The molecule has 0 spiro atoms. The fraction of sp³-hybridized carbons (Fsp3) is 0.750. The van der Waals surface area contributed by atoms with Gasteiger partial charge in [0.1, 0.15) is 0 Å². The van der Waals surface area contributed by atoms with Gasteiger partial charge in [-0.25, -0.2) is 0 Å². The molecule has 0 rings (SSSR count). The number of hydrogen-bond donors (Lipinski definition) is 1. The minimum Gasteiger partial charge on any atom is -0.349 e. The smallest absolute Gasteiger partial charge is 0.207 e. The van der Waals surface area contributed by atoms with Crippen LogP contribution in [0.15, 0.2) is 0 Å². The first kappa shape index (κ1) is 10.1. The standard InChI is InChI=1S/C8H15NO2/c1-4-7(11)8(6(2)3)9-5-10/h5-6,8H,4H2,1-3H3,(H,9,10). The number of carbonyl (C=O) groups excluding carboxylic acids is 2. The van der Waals surface area contributed by atoms with Gasteiger partial charge in [0.15, 0.2) is 5.78 Å². The largest absolute Gasteiger partial charge is 0.349 e. The van der Waals surface area contributed by atoms with Crippen molar-refractivity contribution in [2.75, 3.05) is 0 Å². The maximum Gasteiger partial charge on any atom is 0.207 e. The van der Waals surface area contributed by atoms with Gasteiger partial charge in [-0.15, -0.1) is 0 Å². The highest BCUT2D eigenvalue weighted by molar-refractivity contribution is 5.85. The molecule has 1 unspecified atom stereocenters. The molecular formula is C8H15NO2. The van der Waals surface area contributed by atoms with E-state index in [1.807, 2.05) is 13.8 Å². The van der Waals surface area contributed by atoms with E-state index in [9.17, 15) is 9.59 Å². The average molecular weight is 157 g/mol. The molecule has 1 atom stereocenters. The van der Waals surface area contributed by atoms with Crippen LogP contribution in [-0.4, -0.2) is 18.2 Å². The van der Waals surface area contributed by atoms with Gasteiger partial charge in [0, 0.05) is 6.42 Å². The van der Waals surface area contributed by atoms with E-state index in [0.717, 1.165) is 0 Å². The Bertz CT molecular complexity index is 143. The van der Waals surface area contributed by atoms with E-state index < -0.39 is 0 Å². The lowest BCUT2D eigenvalue weighted by Gasteiger charge is -2.17. The van der Waals surface area contributed by atoms with Crippen LogP contribution in [0.5, 0.6) is 0 Å². The van der Waals surface area contributed by atoms with Crippen LogP contribution in [0.3, 0.4) is 0 Å². The molecule has 0 aromatic carbocycles. The summed E-state index contributed by atoms with van der Waals surface area (Å²) in [4.78, 5) is 21.2. The molecule has 1 amide bonds. The lowest BCUT2D eigenvalue weighted by molar-refractivity contribution is -0.124. The Labute approximate surface area is 67.2 Å². The van der Waals surface area contributed by atoms with Crippen molar-refractivity contribution in [2.24, 2.45) is 5.92 Å². The predicted molar refractivity (Wildman–Crippen MR) is 43.1 cm³/mol. The van der Waals surface area contributed by atoms with Crippen molar-refractivity contribution >= 4 is 12.2 Å². The van der Waals surface area contributed by atoms with E-state index in [1.54, 1.807) is 6.92 Å². The van der Waals surface area contributed by atoms with Crippen LogP contribution in [0, 0.1) is 5.92 Å². The normalized spacial score (nSPS) is 12.7. The van der Waals surface area contributed by atoms with Crippen LogP contribution in [0.4, 0.5) is 0 Å². The second-order valence-electron chi connectivity index (χ2n) is 2.83. The van der Waals surface area contributed by atoms with Crippen molar-refractivity contribution in [2.45, 2.75) is 33.2 Å². The Kier molecular flexibility index (Phi) is 4.50. The number of hydrogen-bond acceptors (Lipinski definition) is 2. The summed E-state index contributed by atoms with van der Waals surface area (Å²) in [7, 11) is 0. The van der Waals surface area contributed by atoms with Crippen LogP contribution >= 0.6 is 0 Å².